The lowest BCUT2D eigenvalue weighted by molar-refractivity contribution is 0.0144. The molecular formula is C21H32N4O. The summed E-state index contributed by atoms with van der Waals surface area (Å²) in [7, 11) is 6.50. The topological polar surface area (TPSA) is 33.5 Å². The van der Waals surface area contributed by atoms with Crippen LogP contribution in [-0.2, 0) is 18.2 Å². The summed E-state index contributed by atoms with van der Waals surface area (Å²) in [5, 5.41) is 5.56. The summed E-state index contributed by atoms with van der Waals surface area (Å²) in [6, 6.07) is 7.40. The molecule has 0 spiro atoms. The summed E-state index contributed by atoms with van der Waals surface area (Å²) in [6.07, 6.45) is 8.66. The molecule has 4 rings (SSSR count). The van der Waals surface area contributed by atoms with Gasteiger partial charge in [0.2, 0.25) is 0 Å². The van der Waals surface area contributed by atoms with Crippen LogP contribution in [-0.4, -0.2) is 71.6 Å². The zero-order valence-corrected chi connectivity index (χ0v) is 16.4. The van der Waals surface area contributed by atoms with Crippen LogP contribution in [0.25, 0.3) is 10.9 Å². The van der Waals surface area contributed by atoms with Crippen LogP contribution in [0.15, 0.2) is 24.4 Å². The van der Waals surface area contributed by atoms with Crippen molar-refractivity contribution in [3.05, 3.63) is 30.0 Å². The van der Waals surface area contributed by atoms with E-state index in [0.29, 0.717) is 12.2 Å². The first-order chi connectivity index (χ1) is 12.6. The molecular weight excluding hydrogens is 324 g/mol. The maximum atomic E-state index is 6.39. The molecule has 142 valence electrons. The van der Waals surface area contributed by atoms with Crippen LogP contribution in [0.4, 0.5) is 0 Å². The minimum atomic E-state index is 0.361. The third kappa shape index (κ3) is 3.95. The monoisotopic (exact) mass is 356 g/mol. The van der Waals surface area contributed by atoms with Crippen molar-refractivity contribution >= 4 is 10.9 Å². The van der Waals surface area contributed by atoms with Crippen molar-refractivity contribution in [3.63, 3.8) is 0 Å². The Kier molecular flexibility index (Phi) is 5.30. The second-order valence-electron chi connectivity index (χ2n) is 8.30. The molecule has 2 fully saturated rings. The number of aryl methyl sites for hydroxylation is 1. The summed E-state index contributed by atoms with van der Waals surface area (Å²) >= 11 is 0. The van der Waals surface area contributed by atoms with Crippen molar-refractivity contribution in [2.75, 3.05) is 33.7 Å². The molecule has 0 unspecified atom stereocenters. The van der Waals surface area contributed by atoms with Gasteiger partial charge in [-0.15, -0.1) is 0 Å². The summed E-state index contributed by atoms with van der Waals surface area (Å²) in [4.78, 5) is 4.98. The van der Waals surface area contributed by atoms with E-state index < -0.39 is 0 Å². The van der Waals surface area contributed by atoms with Crippen molar-refractivity contribution in [2.24, 2.45) is 7.05 Å². The maximum absolute atomic E-state index is 6.39. The third-order valence-electron chi connectivity index (χ3n) is 6.27. The summed E-state index contributed by atoms with van der Waals surface area (Å²) in [5.41, 5.74) is 2.55. The van der Waals surface area contributed by atoms with Gasteiger partial charge in [0.15, 0.2) is 0 Å². The highest BCUT2D eigenvalue weighted by atomic mass is 16.5. The highest BCUT2D eigenvalue weighted by Gasteiger charge is 2.29. The molecule has 0 N–H and O–H groups in total. The Morgan fingerprint density at radius 3 is 2.69 bits per heavy atom. The van der Waals surface area contributed by atoms with Gasteiger partial charge in [-0.3, -0.25) is 4.68 Å². The number of nitrogens with zero attached hydrogens (tertiary/aromatic N) is 4. The number of hydrogen-bond donors (Lipinski definition) is 0. The quantitative estimate of drug-likeness (QED) is 0.825. The Bertz CT molecular complexity index is 735. The first-order valence-corrected chi connectivity index (χ1v) is 10.0. The average molecular weight is 357 g/mol. The van der Waals surface area contributed by atoms with E-state index in [4.69, 9.17) is 4.74 Å². The second-order valence-corrected chi connectivity index (χ2v) is 8.30. The van der Waals surface area contributed by atoms with Gasteiger partial charge in [0.05, 0.1) is 23.9 Å². The van der Waals surface area contributed by atoms with Crippen molar-refractivity contribution in [2.45, 2.75) is 50.4 Å². The summed E-state index contributed by atoms with van der Waals surface area (Å²) in [6.45, 7) is 3.52. The Balaban J connectivity index is 1.29. The van der Waals surface area contributed by atoms with E-state index in [-0.39, 0.29) is 0 Å². The summed E-state index contributed by atoms with van der Waals surface area (Å²) < 4.78 is 8.32. The molecule has 1 aromatic carbocycles. The number of hydrogen-bond acceptors (Lipinski definition) is 4. The zero-order valence-electron chi connectivity index (χ0n) is 16.4. The van der Waals surface area contributed by atoms with Crippen molar-refractivity contribution in [3.8, 4) is 0 Å². The first-order valence-electron chi connectivity index (χ1n) is 10.0. The van der Waals surface area contributed by atoms with E-state index in [0.717, 1.165) is 19.0 Å². The van der Waals surface area contributed by atoms with Gasteiger partial charge in [0, 0.05) is 25.0 Å². The number of benzene rings is 1. The Hall–Kier alpha value is -1.43. The standard InChI is InChI=1S/C21H32N4O/c1-23-10-8-18(9-11-23)24(2)15-20-6-5-19(26-20)13-16-4-7-21-17(12-16)14-22-25(21)3/h4,7,12,14,18-20H,5-6,8-11,13,15H2,1-3H3/t19-,20+/m0/s1. The number of piperidine rings is 1. The molecule has 2 aliphatic rings. The van der Waals surface area contributed by atoms with Crippen molar-refractivity contribution < 1.29 is 4.74 Å². The lowest BCUT2D eigenvalue weighted by Gasteiger charge is -2.36. The lowest BCUT2D eigenvalue weighted by Crippen LogP contribution is -2.44. The molecule has 0 radical (unpaired) electrons. The minimum Gasteiger partial charge on any atom is -0.373 e. The molecule has 3 heterocycles. The smallest absolute Gasteiger partial charge is 0.0706 e. The molecule has 5 nitrogen and oxygen atoms in total. The molecule has 2 aliphatic heterocycles. The fraction of sp³-hybridized carbons (Fsp3) is 0.667. The van der Waals surface area contributed by atoms with E-state index in [9.17, 15) is 0 Å². The highest BCUT2D eigenvalue weighted by molar-refractivity contribution is 5.79. The SMILES string of the molecule is CN1CCC(N(C)C[C@H]2CC[C@@H](Cc3ccc4c(cnn4C)c3)O2)CC1. The highest BCUT2D eigenvalue weighted by Crippen LogP contribution is 2.26. The van der Waals surface area contributed by atoms with E-state index in [1.807, 2.05) is 17.9 Å². The Labute approximate surface area is 156 Å². The van der Waals surface area contributed by atoms with Crippen molar-refractivity contribution in [1.29, 1.82) is 0 Å². The largest absolute Gasteiger partial charge is 0.373 e. The van der Waals surface area contributed by atoms with Crippen LogP contribution in [0.1, 0.15) is 31.2 Å². The van der Waals surface area contributed by atoms with Gasteiger partial charge in [-0.2, -0.15) is 5.10 Å². The molecule has 0 aliphatic carbocycles. The number of rotatable bonds is 5. The molecule has 0 bridgehead atoms. The average Bonchev–Trinajstić information content (AvgIpc) is 3.22. The molecule has 0 amide bonds. The predicted molar refractivity (Wildman–Crippen MR) is 105 cm³/mol. The predicted octanol–water partition coefficient (Wildman–Crippen LogP) is 2.69. The van der Waals surface area contributed by atoms with E-state index in [1.165, 1.54) is 55.2 Å². The fourth-order valence-electron chi connectivity index (χ4n) is 4.57. The molecule has 2 aromatic rings. The zero-order chi connectivity index (χ0) is 18.1. The molecule has 0 saturated carbocycles. The number of likely N-dealkylation sites (N-methyl/N-ethyl adjacent to an activating group) is 1. The van der Waals surface area contributed by atoms with Gasteiger partial charge in [-0.25, -0.2) is 0 Å². The Morgan fingerprint density at radius 1 is 1.12 bits per heavy atom. The van der Waals surface area contributed by atoms with Crippen LogP contribution in [0, 0.1) is 0 Å². The molecule has 26 heavy (non-hydrogen) atoms. The fourth-order valence-corrected chi connectivity index (χ4v) is 4.57. The van der Waals surface area contributed by atoms with Gasteiger partial charge in [-0.1, -0.05) is 6.07 Å². The van der Waals surface area contributed by atoms with Gasteiger partial charge >= 0.3 is 0 Å². The van der Waals surface area contributed by atoms with Crippen LogP contribution in [0.5, 0.6) is 0 Å². The molecule has 2 atom stereocenters. The minimum absolute atomic E-state index is 0.361. The number of likely N-dealkylation sites (tertiary alicyclic amines) is 1. The van der Waals surface area contributed by atoms with Crippen LogP contribution in [0.2, 0.25) is 0 Å². The number of ether oxygens (including phenoxy) is 1. The Morgan fingerprint density at radius 2 is 1.88 bits per heavy atom. The summed E-state index contributed by atoms with van der Waals surface area (Å²) in [5.74, 6) is 0. The third-order valence-corrected chi connectivity index (χ3v) is 6.27. The number of aromatic nitrogens is 2. The van der Waals surface area contributed by atoms with Gasteiger partial charge in [-0.05, 0) is 77.0 Å². The molecule has 2 saturated heterocycles. The maximum Gasteiger partial charge on any atom is 0.0706 e. The normalized spacial score (nSPS) is 25.5. The van der Waals surface area contributed by atoms with Crippen LogP contribution < -0.4 is 0 Å². The molecule has 1 aromatic heterocycles. The number of fused-ring (bicyclic) bond motifs is 1. The van der Waals surface area contributed by atoms with Crippen LogP contribution in [0.3, 0.4) is 0 Å². The molecule has 5 heteroatoms. The van der Waals surface area contributed by atoms with Gasteiger partial charge in [0.1, 0.15) is 0 Å². The van der Waals surface area contributed by atoms with E-state index in [1.54, 1.807) is 0 Å². The van der Waals surface area contributed by atoms with Crippen LogP contribution >= 0.6 is 0 Å². The van der Waals surface area contributed by atoms with Gasteiger partial charge < -0.3 is 14.5 Å². The van der Waals surface area contributed by atoms with Gasteiger partial charge in [0.25, 0.3) is 0 Å². The van der Waals surface area contributed by atoms with Crippen molar-refractivity contribution in [1.82, 2.24) is 19.6 Å². The lowest BCUT2D eigenvalue weighted by atomic mass is 10.0. The first kappa shape index (κ1) is 18.0. The van der Waals surface area contributed by atoms with E-state index in [2.05, 4.69) is 47.2 Å². The second kappa shape index (κ2) is 7.67. The van der Waals surface area contributed by atoms with E-state index >= 15 is 0 Å².